The van der Waals surface area contributed by atoms with Crippen LogP contribution in [0.5, 0.6) is 0 Å². The standard InChI is InChI=1S/C8H15NO2/c1-4-8(10,6-11-3)7(2)5-9/h7,10H,4,6H2,1-3H3. The third-order valence-corrected chi connectivity index (χ3v) is 2.01. The first-order chi connectivity index (χ1) is 5.10. The van der Waals surface area contributed by atoms with E-state index in [0.717, 1.165) is 0 Å². The van der Waals surface area contributed by atoms with Gasteiger partial charge in [-0.15, -0.1) is 0 Å². The van der Waals surface area contributed by atoms with Crippen molar-refractivity contribution in [1.29, 1.82) is 5.26 Å². The summed E-state index contributed by atoms with van der Waals surface area (Å²) in [6.07, 6.45) is 0.537. The van der Waals surface area contributed by atoms with E-state index in [1.165, 1.54) is 7.11 Å². The smallest absolute Gasteiger partial charge is 0.103 e. The minimum atomic E-state index is -0.983. The van der Waals surface area contributed by atoms with Gasteiger partial charge in [0.1, 0.15) is 5.60 Å². The van der Waals surface area contributed by atoms with Crippen LogP contribution in [0, 0.1) is 17.2 Å². The second-order valence-corrected chi connectivity index (χ2v) is 2.74. The van der Waals surface area contributed by atoms with Gasteiger partial charge in [-0.05, 0) is 13.3 Å². The fraction of sp³-hybridized carbons (Fsp3) is 0.875. The minimum absolute atomic E-state index is 0.220. The van der Waals surface area contributed by atoms with Crippen LogP contribution in [-0.4, -0.2) is 24.4 Å². The predicted molar refractivity (Wildman–Crippen MR) is 41.9 cm³/mol. The topological polar surface area (TPSA) is 53.2 Å². The molecule has 3 nitrogen and oxygen atoms in total. The van der Waals surface area contributed by atoms with E-state index in [9.17, 15) is 5.11 Å². The van der Waals surface area contributed by atoms with E-state index in [4.69, 9.17) is 10.00 Å². The third kappa shape index (κ3) is 2.49. The number of nitriles is 1. The Labute approximate surface area is 67.6 Å². The van der Waals surface area contributed by atoms with Gasteiger partial charge in [0.25, 0.3) is 0 Å². The van der Waals surface area contributed by atoms with Gasteiger partial charge in [0.15, 0.2) is 0 Å². The number of ether oxygens (including phenoxy) is 1. The Morgan fingerprint density at radius 3 is 2.55 bits per heavy atom. The van der Waals surface area contributed by atoms with Crippen LogP contribution in [0.25, 0.3) is 0 Å². The molecule has 0 heterocycles. The molecule has 0 aliphatic rings. The van der Waals surface area contributed by atoms with Crippen LogP contribution in [0.15, 0.2) is 0 Å². The summed E-state index contributed by atoms with van der Waals surface area (Å²) in [4.78, 5) is 0. The normalized spacial score (nSPS) is 18.5. The molecule has 11 heavy (non-hydrogen) atoms. The first-order valence-corrected chi connectivity index (χ1v) is 3.71. The molecule has 0 fully saturated rings. The van der Waals surface area contributed by atoms with Crippen molar-refractivity contribution in [2.24, 2.45) is 5.92 Å². The summed E-state index contributed by atoms with van der Waals surface area (Å²) in [6, 6.07) is 2.01. The van der Waals surface area contributed by atoms with E-state index in [-0.39, 0.29) is 12.5 Å². The van der Waals surface area contributed by atoms with Gasteiger partial charge in [-0.2, -0.15) is 5.26 Å². The van der Waals surface area contributed by atoms with Crippen LogP contribution >= 0.6 is 0 Å². The molecule has 0 bridgehead atoms. The highest BCUT2D eigenvalue weighted by molar-refractivity contribution is 4.95. The summed E-state index contributed by atoms with van der Waals surface area (Å²) in [7, 11) is 1.52. The summed E-state index contributed by atoms with van der Waals surface area (Å²) >= 11 is 0. The lowest BCUT2D eigenvalue weighted by Crippen LogP contribution is -2.39. The molecule has 0 radical (unpaired) electrons. The Morgan fingerprint density at radius 2 is 2.27 bits per heavy atom. The molecule has 0 aliphatic carbocycles. The molecule has 0 aromatic rings. The molecular formula is C8H15NO2. The minimum Gasteiger partial charge on any atom is -0.386 e. The number of hydrogen-bond acceptors (Lipinski definition) is 3. The lowest BCUT2D eigenvalue weighted by Gasteiger charge is -2.27. The maximum absolute atomic E-state index is 9.74. The Hall–Kier alpha value is -0.590. The zero-order chi connectivity index (χ0) is 8.91. The van der Waals surface area contributed by atoms with Gasteiger partial charge < -0.3 is 9.84 Å². The first-order valence-electron chi connectivity index (χ1n) is 3.71. The lowest BCUT2D eigenvalue weighted by atomic mass is 9.88. The maximum atomic E-state index is 9.74. The summed E-state index contributed by atoms with van der Waals surface area (Å²) in [6.45, 7) is 3.76. The van der Waals surface area contributed by atoms with E-state index in [2.05, 4.69) is 0 Å². The van der Waals surface area contributed by atoms with E-state index in [0.29, 0.717) is 6.42 Å². The van der Waals surface area contributed by atoms with Crippen molar-refractivity contribution in [2.75, 3.05) is 13.7 Å². The highest BCUT2D eigenvalue weighted by atomic mass is 16.5. The van der Waals surface area contributed by atoms with Crippen molar-refractivity contribution in [1.82, 2.24) is 0 Å². The van der Waals surface area contributed by atoms with Gasteiger partial charge in [0, 0.05) is 7.11 Å². The maximum Gasteiger partial charge on any atom is 0.103 e. The van der Waals surface area contributed by atoms with E-state index in [1.54, 1.807) is 6.92 Å². The van der Waals surface area contributed by atoms with Gasteiger partial charge in [-0.25, -0.2) is 0 Å². The van der Waals surface area contributed by atoms with Gasteiger partial charge in [-0.1, -0.05) is 6.92 Å². The molecule has 2 unspecified atom stereocenters. The van der Waals surface area contributed by atoms with Crippen molar-refractivity contribution < 1.29 is 9.84 Å². The average Bonchev–Trinajstić information content (AvgIpc) is 2.03. The number of hydrogen-bond donors (Lipinski definition) is 1. The summed E-state index contributed by atoms with van der Waals surface area (Å²) in [5.74, 6) is -0.382. The zero-order valence-electron chi connectivity index (χ0n) is 7.29. The zero-order valence-corrected chi connectivity index (χ0v) is 7.29. The average molecular weight is 157 g/mol. The molecule has 1 N–H and O–H groups in total. The van der Waals surface area contributed by atoms with Crippen LogP contribution < -0.4 is 0 Å². The summed E-state index contributed by atoms with van der Waals surface area (Å²) in [5, 5.41) is 18.3. The number of aliphatic hydroxyl groups is 1. The van der Waals surface area contributed by atoms with Crippen molar-refractivity contribution in [3.63, 3.8) is 0 Å². The lowest BCUT2D eigenvalue weighted by molar-refractivity contribution is -0.0569. The molecule has 64 valence electrons. The fourth-order valence-electron chi connectivity index (χ4n) is 0.903. The second kappa shape index (κ2) is 4.32. The molecule has 0 saturated carbocycles. The van der Waals surface area contributed by atoms with E-state index >= 15 is 0 Å². The van der Waals surface area contributed by atoms with Crippen molar-refractivity contribution in [3.05, 3.63) is 0 Å². The molecule has 0 amide bonds. The molecule has 0 aromatic carbocycles. The van der Waals surface area contributed by atoms with Crippen molar-refractivity contribution in [3.8, 4) is 6.07 Å². The van der Waals surface area contributed by atoms with Gasteiger partial charge in [-0.3, -0.25) is 0 Å². The molecular weight excluding hydrogens is 142 g/mol. The molecule has 0 aliphatic heterocycles. The highest BCUT2D eigenvalue weighted by Crippen LogP contribution is 2.20. The van der Waals surface area contributed by atoms with Gasteiger partial charge in [0.2, 0.25) is 0 Å². The largest absolute Gasteiger partial charge is 0.386 e. The summed E-state index contributed by atoms with van der Waals surface area (Å²) < 4.78 is 4.82. The number of methoxy groups -OCH3 is 1. The van der Waals surface area contributed by atoms with Crippen LogP contribution in [-0.2, 0) is 4.74 Å². The molecule has 3 heteroatoms. The molecule has 0 aromatic heterocycles. The second-order valence-electron chi connectivity index (χ2n) is 2.74. The summed E-state index contributed by atoms with van der Waals surface area (Å²) in [5.41, 5.74) is -0.983. The van der Waals surface area contributed by atoms with Crippen LogP contribution in [0.2, 0.25) is 0 Å². The highest BCUT2D eigenvalue weighted by Gasteiger charge is 2.31. The molecule has 2 atom stereocenters. The van der Waals surface area contributed by atoms with Gasteiger partial charge in [0.05, 0.1) is 18.6 Å². The Bertz CT molecular complexity index is 153. The fourth-order valence-corrected chi connectivity index (χ4v) is 0.903. The predicted octanol–water partition coefficient (Wildman–Crippen LogP) is 0.934. The van der Waals surface area contributed by atoms with Gasteiger partial charge >= 0.3 is 0 Å². The Kier molecular flexibility index (Phi) is 4.09. The Morgan fingerprint density at radius 1 is 1.73 bits per heavy atom. The molecule has 0 saturated heterocycles. The monoisotopic (exact) mass is 157 g/mol. The van der Waals surface area contributed by atoms with Crippen LogP contribution in [0.3, 0.4) is 0 Å². The number of nitrogens with zero attached hydrogens (tertiary/aromatic N) is 1. The molecule has 0 spiro atoms. The molecule has 0 rings (SSSR count). The van der Waals surface area contributed by atoms with Crippen molar-refractivity contribution >= 4 is 0 Å². The first kappa shape index (κ1) is 10.4. The van der Waals surface area contributed by atoms with E-state index < -0.39 is 5.60 Å². The third-order valence-electron chi connectivity index (χ3n) is 2.01. The van der Waals surface area contributed by atoms with Crippen molar-refractivity contribution in [2.45, 2.75) is 25.9 Å². The van der Waals surface area contributed by atoms with E-state index in [1.807, 2.05) is 13.0 Å². The Balaban J connectivity index is 4.22. The quantitative estimate of drug-likeness (QED) is 0.660. The SMILES string of the molecule is CCC(O)(COC)C(C)C#N. The number of rotatable bonds is 4. The van der Waals surface area contributed by atoms with Crippen LogP contribution in [0.4, 0.5) is 0 Å². The van der Waals surface area contributed by atoms with Crippen LogP contribution in [0.1, 0.15) is 20.3 Å².